The monoisotopic (exact) mass is 318 g/mol. The Kier molecular flexibility index (Phi) is 5.05. The lowest BCUT2D eigenvalue weighted by atomic mass is 10.2. The molecule has 0 heterocycles. The molecule has 0 unspecified atom stereocenters. The Bertz CT molecular complexity index is 607. The summed E-state index contributed by atoms with van der Waals surface area (Å²) in [6.45, 7) is 4.82. The first-order valence-corrected chi connectivity index (χ1v) is 8.13. The van der Waals surface area contributed by atoms with E-state index in [4.69, 9.17) is 17.3 Å². The van der Waals surface area contributed by atoms with Crippen LogP contribution in [0.4, 0.5) is 11.4 Å². The molecule has 0 aromatic heterocycles. The molecule has 0 fully saturated rings. The maximum absolute atomic E-state index is 11.9. The van der Waals surface area contributed by atoms with E-state index >= 15 is 0 Å². The maximum atomic E-state index is 11.9. The molecule has 0 aliphatic heterocycles. The Hall–Kier alpha value is -1.27. The summed E-state index contributed by atoms with van der Waals surface area (Å²) >= 11 is 5.92. The van der Waals surface area contributed by atoms with Crippen LogP contribution in [0.25, 0.3) is 0 Å². The molecule has 7 heteroatoms. The van der Waals surface area contributed by atoms with E-state index in [1.54, 1.807) is 32.9 Å². The van der Waals surface area contributed by atoms with Crippen molar-refractivity contribution in [2.24, 2.45) is 0 Å². The van der Waals surface area contributed by atoms with Crippen molar-refractivity contribution in [3.8, 4) is 0 Å². The predicted molar refractivity (Wildman–Crippen MR) is 82.7 cm³/mol. The molecular weight excluding hydrogens is 300 g/mol. The van der Waals surface area contributed by atoms with E-state index in [1.807, 2.05) is 0 Å². The summed E-state index contributed by atoms with van der Waals surface area (Å²) in [4.78, 5) is 11.8. The highest BCUT2D eigenvalue weighted by molar-refractivity contribution is 7.92. The van der Waals surface area contributed by atoms with Crippen molar-refractivity contribution in [2.75, 3.05) is 16.8 Å². The number of amides is 1. The van der Waals surface area contributed by atoms with Gasteiger partial charge in [-0.2, -0.15) is 0 Å². The van der Waals surface area contributed by atoms with Crippen LogP contribution in [0.3, 0.4) is 0 Å². The highest BCUT2D eigenvalue weighted by atomic mass is 35.5. The van der Waals surface area contributed by atoms with Crippen LogP contribution in [0.15, 0.2) is 18.2 Å². The van der Waals surface area contributed by atoms with Gasteiger partial charge in [-0.05, 0) is 39.0 Å². The second-order valence-corrected chi connectivity index (χ2v) is 8.74. The number of nitrogens with one attached hydrogen (secondary N) is 1. The molecule has 20 heavy (non-hydrogen) atoms. The van der Waals surface area contributed by atoms with Gasteiger partial charge >= 0.3 is 0 Å². The third-order valence-electron chi connectivity index (χ3n) is 2.80. The molecular formula is C13H19ClN2O3S. The van der Waals surface area contributed by atoms with E-state index in [0.29, 0.717) is 16.4 Å². The molecule has 1 aromatic rings. The highest BCUT2D eigenvalue weighted by Crippen LogP contribution is 2.24. The number of benzene rings is 1. The Morgan fingerprint density at radius 2 is 1.95 bits per heavy atom. The van der Waals surface area contributed by atoms with Crippen molar-refractivity contribution in [1.29, 1.82) is 0 Å². The van der Waals surface area contributed by atoms with Gasteiger partial charge < -0.3 is 11.1 Å². The van der Waals surface area contributed by atoms with Crippen LogP contribution in [0.5, 0.6) is 0 Å². The lowest BCUT2D eigenvalue weighted by Crippen LogP contribution is -2.32. The molecule has 0 spiro atoms. The van der Waals surface area contributed by atoms with E-state index in [9.17, 15) is 13.2 Å². The second kappa shape index (κ2) is 6.01. The first-order chi connectivity index (χ1) is 9.03. The number of rotatable bonds is 4. The first kappa shape index (κ1) is 16.8. The summed E-state index contributed by atoms with van der Waals surface area (Å²) < 4.78 is 22.9. The maximum Gasteiger partial charge on any atom is 0.225 e. The van der Waals surface area contributed by atoms with Gasteiger partial charge in [-0.15, -0.1) is 0 Å². The van der Waals surface area contributed by atoms with Crippen molar-refractivity contribution < 1.29 is 13.2 Å². The van der Waals surface area contributed by atoms with Crippen LogP contribution in [0.1, 0.15) is 27.2 Å². The number of carbonyl (C=O) groups is 1. The van der Waals surface area contributed by atoms with E-state index < -0.39 is 20.5 Å². The average Bonchev–Trinajstić information content (AvgIpc) is 2.29. The summed E-state index contributed by atoms with van der Waals surface area (Å²) in [6.07, 6.45) is -0.111. The second-order valence-electron chi connectivity index (χ2n) is 5.47. The topological polar surface area (TPSA) is 89.3 Å². The normalized spacial score (nSPS) is 12.2. The lowest BCUT2D eigenvalue weighted by Gasteiger charge is -2.18. The number of nitrogen functional groups attached to an aromatic ring is 1. The Labute approximate surface area is 124 Å². The number of anilines is 2. The van der Waals surface area contributed by atoms with Crippen molar-refractivity contribution in [3.05, 3.63) is 23.2 Å². The number of hydrogen-bond acceptors (Lipinski definition) is 4. The van der Waals surface area contributed by atoms with E-state index in [-0.39, 0.29) is 12.2 Å². The minimum atomic E-state index is -3.32. The number of carbonyl (C=O) groups excluding carboxylic acids is 1. The molecule has 1 amide bonds. The van der Waals surface area contributed by atoms with Gasteiger partial charge in [-0.3, -0.25) is 4.79 Å². The van der Waals surface area contributed by atoms with Crippen molar-refractivity contribution >= 4 is 38.7 Å². The zero-order valence-corrected chi connectivity index (χ0v) is 13.3. The average molecular weight is 319 g/mol. The fourth-order valence-electron chi connectivity index (χ4n) is 1.38. The molecule has 0 saturated heterocycles. The molecule has 5 nitrogen and oxygen atoms in total. The SMILES string of the molecule is CC(C)(C)S(=O)(=O)CCC(=O)Nc1ccc(N)cc1Cl. The fraction of sp³-hybridized carbons (Fsp3) is 0.462. The standard InChI is InChI=1S/C13H19ClN2O3S/c1-13(2,3)20(18,19)7-6-12(17)16-11-5-4-9(15)8-10(11)14/h4-5,8H,6-7,15H2,1-3H3,(H,16,17). The van der Waals surface area contributed by atoms with Crippen LogP contribution >= 0.6 is 11.6 Å². The van der Waals surface area contributed by atoms with Crippen LogP contribution in [-0.2, 0) is 14.6 Å². The zero-order valence-electron chi connectivity index (χ0n) is 11.7. The van der Waals surface area contributed by atoms with Gasteiger partial charge in [0.15, 0.2) is 9.84 Å². The number of nitrogens with two attached hydrogens (primary N) is 1. The van der Waals surface area contributed by atoms with E-state index in [2.05, 4.69) is 5.32 Å². The minimum absolute atomic E-state index is 0.111. The lowest BCUT2D eigenvalue weighted by molar-refractivity contribution is -0.115. The molecule has 0 aliphatic rings. The highest BCUT2D eigenvalue weighted by Gasteiger charge is 2.29. The smallest absolute Gasteiger partial charge is 0.225 e. The predicted octanol–water partition coefficient (Wildman–Crippen LogP) is 2.46. The largest absolute Gasteiger partial charge is 0.399 e. The summed E-state index contributed by atoms with van der Waals surface area (Å²) in [5.74, 6) is -0.598. The van der Waals surface area contributed by atoms with Gasteiger partial charge in [0, 0.05) is 12.1 Å². The van der Waals surface area contributed by atoms with Crippen LogP contribution in [-0.4, -0.2) is 24.8 Å². The minimum Gasteiger partial charge on any atom is -0.399 e. The van der Waals surface area contributed by atoms with Crippen molar-refractivity contribution in [3.63, 3.8) is 0 Å². The molecule has 0 radical (unpaired) electrons. The summed E-state index contributed by atoms with van der Waals surface area (Å²) in [5.41, 5.74) is 6.45. The number of sulfone groups is 1. The Morgan fingerprint density at radius 1 is 1.35 bits per heavy atom. The van der Waals surface area contributed by atoms with Gasteiger partial charge in [-0.25, -0.2) is 8.42 Å². The van der Waals surface area contributed by atoms with Gasteiger partial charge in [0.1, 0.15) is 0 Å². The Balaban J connectivity index is 2.66. The molecule has 0 atom stereocenters. The quantitative estimate of drug-likeness (QED) is 0.834. The zero-order chi connectivity index (χ0) is 15.6. The number of halogens is 1. The van der Waals surface area contributed by atoms with Crippen molar-refractivity contribution in [2.45, 2.75) is 31.9 Å². The summed E-state index contributed by atoms with van der Waals surface area (Å²) in [5, 5.41) is 2.89. The molecule has 112 valence electrons. The first-order valence-electron chi connectivity index (χ1n) is 6.10. The fourth-order valence-corrected chi connectivity index (χ4v) is 2.68. The molecule has 0 saturated carbocycles. The summed E-state index contributed by atoms with van der Waals surface area (Å²) in [6, 6.07) is 4.70. The molecule has 3 N–H and O–H groups in total. The van der Waals surface area contributed by atoms with E-state index in [1.165, 1.54) is 6.07 Å². The van der Waals surface area contributed by atoms with Crippen LogP contribution in [0.2, 0.25) is 5.02 Å². The van der Waals surface area contributed by atoms with Gasteiger partial charge in [0.25, 0.3) is 0 Å². The molecule has 1 aromatic carbocycles. The molecule has 1 rings (SSSR count). The van der Waals surface area contributed by atoms with Gasteiger partial charge in [0.05, 0.1) is 21.2 Å². The Morgan fingerprint density at radius 3 is 2.45 bits per heavy atom. The molecule has 0 aliphatic carbocycles. The van der Waals surface area contributed by atoms with Crippen LogP contribution < -0.4 is 11.1 Å². The van der Waals surface area contributed by atoms with Crippen LogP contribution in [0, 0.1) is 0 Å². The third kappa shape index (κ3) is 4.38. The van der Waals surface area contributed by atoms with Gasteiger partial charge in [-0.1, -0.05) is 11.6 Å². The van der Waals surface area contributed by atoms with E-state index in [0.717, 1.165) is 0 Å². The summed E-state index contributed by atoms with van der Waals surface area (Å²) in [7, 11) is -3.32. The van der Waals surface area contributed by atoms with Crippen molar-refractivity contribution in [1.82, 2.24) is 0 Å². The number of hydrogen-bond donors (Lipinski definition) is 2. The third-order valence-corrected chi connectivity index (χ3v) is 5.72. The molecule has 0 bridgehead atoms. The van der Waals surface area contributed by atoms with Gasteiger partial charge in [0.2, 0.25) is 5.91 Å².